The van der Waals surface area contributed by atoms with Crippen molar-refractivity contribution in [2.24, 2.45) is 0 Å². The molecule has 1 amide bonds. The van der Waals surface area contributed by atoms with Gasteiger partial charge in [-0.15, -0.1) is 12.6 Å². The van der Waals surface area contributed by atoms with Crippen molar-refractivity contribution in [2.75, 3.05) is 6.26 Å². The van der Waals surface area contributed by atoms with Gasteiger partial charge in [-0.2, -0.15) is 0 Å². The summed E-state index contributed by atoms with van der Waals surface area (Å²) in [4.78, 5) is 34.0. The predicted molar refractivity (Wildman–Crippen MR) is 144 cm³/mol. The number of halogens is 2. The third-order valence-corrected chi connectivity index (χ3v) is 5.97. The number of rotatable bonds is 5. The maximum Gasteiger partial charge on any atom is 0.256 e. The van der Waals surface area contributed by atoms with Crippen molar-refractivity contribution >= 4 is 40.4 Å². The van der Waals surface area contributed by atoms with Gasteiger partial charge < -0.3 is 5.32 Å². The van der Waals surface area contributed by atoms with E-state index in [1.807, 2.05) is 13.8 Å². The molecule has 11 heteroatoms. The number of carbonyl (C=O) groups excluding carboxylic acids is 1. The Labute approximate surface area is 220 Å². The average Bonchev–Trinajstić information content (AvgIpc) is 2.85. The van der Waals surface area contributed by atoms with E-state index in [0.29, 0.717) is 11.1 Å². The van der Waals surface area contributed by atoms with Crippen molar-refractivity contribution < 1.29 is 17.8 Å². The number of benzene rings is 2. The Balaban J connectivity index is 0.00000186. The van der Waals surface area contributed by atoms with Gasteiger partial charge in [-0.05, 0) is 42.8 Å². The lowest BCUT2D eigenvalue weighted by Crippen LogP contribution is -2.22. The minimum atomic E-state index is -1.71. The van der Waals surface area contributed by atoms with E-state index in [1.54, 1.807) is 25.1 Å². The molecule has 192 valence electrons. The van der Waals surface area contributed by atoms with Crippen molar-refractivity contribution in [2.45, 2.75) is 25.9 Å². The fraction of sp³-hybridized carbons (Fsp3) is 0.154. The lowest BCUT2D eigenvalue weighted by Gasteiger charge is -2.15. The van der Waals surface area contributed by atoms with Gasteiger partial charge in [-0.3, -0.25) is 18.4 Å². The first kappa shape index (κ1) is 27.9. The van der Waals surface area contributed by atoms with E-state index >= 15 is 0 Å². The summed E-state index contributed by atoms with van der Waals surface area (Å²) in [6, 6.07) is 10.6. The summed E-state index contributed by atoms with van der Waals surface area (Å²) in [7, 11) is -1.71. The van der Waals surface area contributed by atoms with Crippen molar-refractivity contribution in [3.8, 4) is 16.9 Å². The van der Waals surface area contributed by atoms with E-state index in [2.05, 4.69) is 34.5 Å². The summed E-state index contributed by atoms with van der Waals surface area (Å²) in [5.41, 5.74) is 0.195. The first-order valence-corrected chi connectivity index (χ1v) is 13.1. The third kappa shape index (κ3) is 5.67. The van der Waals surface area contributed by atoms with Gasteiger partial charge in [0, 0.05) is 28.8 Å². The summed E-state index contributed by atoms with van der Waals surface area (Å²) in [6.45, 7) is 9.31. The smallest absolute Gasteiger partial charge is 0.256 e. The fourth-order valence-electron chi connectivity index (χ4n) is 3.57. The molecule has 0 aliphatic rings. The highest BCUT2D eigenvalue weighted by Crippen LogP contribution is 2.31. The molecule has 0 aliphatic carbocycles. The SMILES string of the molecule is C=C(S)NC(=O)c1ccc(C)c(-c2nc(S(C)=O)nc3c2ccc(=O)n3-c2c(F)cccc2F)c1.CC. The molecule has 7 nitrogen and oxygen atoms in total. The molecule has 2 aromatic carbocycles. The summed E-state index contributed by atoms with van der Waals surface area (Å²) >= 11 is 3.99. The third-order valence-electron chi connectivity index (χ3n) is 5.16. The van der Waals surface area contributed by atoms with Crippen LogP contribution in [0.5, 0.6) is 0 Å². The molecule has 4 aromatic rings. The predicted octanol–water partition coefficient (Wildman–Crippen LogP) is 4.93. The minimum Gasteiger partial charge on any atom is -0.317 e. The Kier molecular flexibility index (Phi) is 8.72. The Hall–Kier alpha value is -3.70. The molecule has 0 saturated heterocycles. The molecule has 1 unspecified atom stereocenters. The van der Waals surface area contributed by atoms with Gasteiger partial charge in [-0.25, -0.2) is 18.7 Å². The normalized spacial score (nSPS) is 11.4. The highest BCUT2D eigenvalue weighted by Gasteiger charge is 2.21. The topological polar surface area (TPSA) is 94.0 Å². The van der Waals surface area contributed by atoms with Crippen LogP contribution in [0.2, 0.25) is 0 Å². The monoisotopic (exact) mass is 542 g/mol. The van der Waals surface area contributed by atoms with E-state index in [9.17, 15) is 22.6 Å². The van der Waals surface area contributed by atoms with Crippen LogP contribution in [0.3, 0.4) is 0 Å². The quantitative estimate of drug-likeness (QED) is 0.276. The van der Waals surface area contributed by atoms with E-state index < -0.39 is 39.6 Å². The summed E-state index contributed by atoms with van der Waals surface area (Å²) in [5, 5.41) is 2.77. The fourth-order valence-corrected chi connectivity index (χ4v) is 4.11. The number of nitrogens with one attached hydrogen (secondary N) is 1. The Morgan fingerprint density at radius 3 is 2.32 bits per heavy atom. The van der Waals surface area contributed by atoms with E-state index in [-0.39, 0.29) is 32.5 Å². The molecule has 0 fully saturated rings. The highest BCUT2D eigenvalue weighted by molar-refractivity contribution is 7.84. The largest absolute Gasteiger partial charge is 0.317 e. The van der Waals surface area contributed by atoms with Gasteiger partial charge in [0.15, 0.2) is 5.65 Å². The molecule has 0 aliphatic heterocycles. The number of aryl methyl sites for hydroxylation is 1. The number of hydrogen-bond donors (Lipinski definition) is 2. The lowest BCUT2D eigenvalue weighted by molar-refractivity contribution is 0.0969. The summed E-state index contributed by atoms with van der Waals surface area (Å²) in [6.07, 6.45) is 1.34. The second kappa shape index (κ2) is 11.6. The Morgan fingerprint density at radius 1 is 1.08 bits per heavy atom. The van der Waals surface area contributed by atoms with Crippen LogP contribution in [0.4, 0.5) is 8.78 Å². The van der Waals surface area contributed by atoms with Crippen molar-refractivity contribution in [1.29, 1.82) is 0 Å². The molecule has 0 bridgehead atoms. The second-order valence-corrected chi connectivity index (χ2v) is 9.37. The number of pyridine rings is 1. The number of aromatic nitrogens is 3. The first-order chi connectivity index (χ1) is 17.6. The molecule has 1 N–H and O–H groups in total. The molecular formula is C26H24F2N4O3S2. The van der Waals surface area contributed by atoms with Gasteiger partial charge in [0.05, 0.1) is 21.5 Å². The highest BCUT2D eigenvalue weighted by atomic mass is 32.2. The van der Waals surface area contributed by atoms with E-state index in [1.165, 1.54) is 18.4 Å². The van der Waals surface area contributed by atoms with Crippen LogP contribution in [0.15, 0.2) is 70.1 Å². The van der Waals surface area contributed by atoms with Gasteiger partial charge in [0.2, 0.25) is 5.16 Å². The van der Waals surface area contributed by atoms with Crippen molar-refractivity contribution in [3.63, 3.8) is 0 Å². The molecule has 0 saturated carbocycles. The van der Waals surface area contributed by atoms with Crippen molar-refractivity contribution in [1.82, 2.24) is 19.9 Å². The molecule has 4 rings (SSSR count). The maximum atomic E-state index is 14.7. The van der Waals surface area contributed by atoms with Crippen molar-refractivity contribution in [3.05, 3.63) is 93.3 Å². The van der Waals surface area contributed by atoms with Gasteiger partial charge in [0.1, 0.15) is 17.3 Å². The molecule has 0 spiro atoms. The van der Waals surface area contributed by atoms with Gasteiger partial charge >= 0.3 is 0 Å². The zero-order valence-electron chi connectivity index (χ0n) is 20.5. The number of amides is 1. The molecule has 0 radical (unpaired) electrons. The van der Waals surface area contributed by atoms with Crippen LogP contribution in [0.1, 0.15) is 29.8 Å². The van der Waals surface area contributed by atoms with E-state index in [4.69, 9.17) is 0 Å². The Bertz CT molecular complexity index is 1600. The standard InChI is InChI=1S/C24H18F2N4O3S2.C2H6/c1-12-7-8-14(23(32)27-13(2)34)11-16(12)20-15-9-10-19(31)30(21-17(25)5-4-6-18(21)26)22(15)29-24(28-20)35(3)33;1-2/h4-11,34H,2H2,1,3H3,(H,27,32);1-2H3. The first-order valence-electron chi connectivity index (χ1n) is 11.1. The summed E-state index contributed by atoms with van der Waals surface area (Å²) in [5.74, 6) is -2.41. The zero-order valence-corrected chi connectivity index (χ0v) is 22.2. The molecule has 1 atom stereocenters. The zero-order chi connectivity index (χ0) is 27.4. The number of carbonyl (C=O) groups is 1. The van der Waals surface area contributed by atoms with Crippen LogP contribution in [-0.4, -0.2) is 30.9 Å². The van der Waals surface area contributed by atoms with Crippen LogP contribution in [0, 0.1) is 18.6 Å². The Morgan fingerprint density at radius 2 is 1.73 bits per heavy atom. The van der Waals surface area contributed by atoms with Crippen LogP contribution in [0.25, 0.3) is 28.0 Å². The number of fused-ring (bicyclic) bond motifs is 1. The number of hydrogen-bond acceptors (Lipinski definition) is 6. The summed E-state index contributed by atoms with van der Waals surface area (Å²) < 4.78 is 42.5. The van der Waals surface area contributed by atoms with Gasteiger partial charge in [0.25, 0.3) is 11.5 Å². The van der Waals surface area contributed by atoms with Crippen LogP contribution >= 0.6 is 12.6 Å². The van der Waals surface area contributed by atoms with Crippen LogP contribution < -0.4 is 10.9 Å². The number of para-hydroxylation sites is 1. The second-order valence-electron chi connectivity index (χ2n) is 7.55. The lowest BCUT2D eigenvalue weighted by atomic mass is 9.99. The molecular weight excluding hydrogens is 518 g/mol. The maximum absolute atomic E-state index is 14.7. The number of nitrogens with zero attached hydrogens (tertiary/aromatic N) is 3. The molecule has 2 aromatic heterocycles. The van der Waals surface area contributed by atoms with Crippen LogP contribution in [-0.2, 0) is 10.8 Å². The van der Waals surface area contributed by atoms with E-state index in [0.717, 1.165) is 22.8 Å². The molecule has 37 heavy (non-hydrogen) atoms. The number of thiol groups is 1. The van der Waals surface area contributed by atoms with Gasteiger partial charge in [-0.1, -0.05) is 32.6 Å². The average molecular weight is 543 g/mol. The molecule has 2 heterocycles. The minimum absolute atomic E-state index is 0.130.